The first-order valence-electron chi connectivity index (χ1n) is 9.88. The van der Waals surface area contributed by atoms with Crippen LogP contribution in [0.4, 0.5) is 0 Å². The molecule has 0 fully saturated rings. The standard InChI is InChI=1S/C23H19BrN6O2S/c1-15(17-3-2-4-20(31)13-17)26-27-21(32)14-33-23-29-28-22(16-9-11-25-12-10-16)30(23)19-7-5-18(24)6-8-19/h2-13,31H,14H2,1H3,(H,27,32)/b26-15-. The summed E-state index contributed by atoms with van der Waals surface area (Å²) in [6.07, 6.45) is 3.39. The zero-order chi connectivity index (χ0) is 23.2. The number of hydrogen-bond acceptors (Lipinski definition) is 7. The third kappa shape index (κ3) is 5.65. The average molecular weight is 523 g/mol. The molecule has 0 unspecified atom stereocenters. The Hall–Kier alpha value is -3.50. The van der Waals surface area contributed by atoms with Crippen LogP contribution in [0.1, 0.15) is 12.5 Å². The lowest BCUT2D eigenvalue weighted by molar-refractivity contribution is -0.118. The highest BCUT2D eigenvalue weighted by molar-refractivity contribution is 9.10. The monoisotopic (exact) mass is 522 g/mol. The number of aromatic hydroxyl groups is 1. The normalized spacial score (nSPS) is 11.4. The predicted octanol–water partition coefficient (Wildman–Crippen LogP) is 4.43. The summed E-state index contributed by atoms with van der Waals surface area (Å²) in [7, 11) is 0. The van der Waals surface area contributed by atoms with Gasteiger partial charge in [-0.05, 0) is 55.5 Å². The van der Waals surface area contributed by atoms with E-state index in [0.717, 1.165) is 21.3 Å². The van der Waals surface area contributed by atoms with E-state index < -0.39 is 0 Å². The van der Waals surface area contributed by atoms with Crippen molar-refractivity contribution in [2.75, 3.05) is 5.75 Å². The molecule has 0 aliphatic rings. The quantitative estimate of drug-likeness (QED) is 0.211. The maximum absolute atomic E-state index is 12.4. The lowest BCUT2D eigenvalue weighted by atomic mass is 10.1. The van der Waals surface area contributed by atoms with Crippen molar-refractivity contribution in [3.05, 3.63) is 83.1 Å². The molecular formula is C23H19BrN6O2S. The highest BCUT2D eigenvalue weighted by Gasteiger charge is 2.17. The van der Waals surface area contributed by atoms with Crippen LogP contribution in [0.5, 0.6) is 5.75 Å². The fourth-order valence-electron chi connectivity index (χ4n) is 2.98. The number of hydrogen-bond donors (Lipinski definition) is 2. The number of thioether (sulfide) groups is 1. The number of rotatable bonds is 7. The van der Waals surface area contributed by atoms with Crippen molar-refractivity contribution in [1.82, 2.24) is 25.2 Å². The number of nitrogens with one attached hydrogen (secondary N) is 1. The smallest absolute Gasteiger partial charge is 0.250 e. The Balaban J connectivity index is 1.52. The molecular weight excluding hydrogens is 504 g/mol. The van der Waals surface area contributed by atoms with Crippen LogP contribution in [0.25, 0.3) is 17.1 Å². The van der Waals surface area contributed by atoms with E-state index in [4.69, 9.17) is 0 Å². The molecule has 0 atom stereocenters. The van der Waals surface area contributed by atoms with Gasteiger partial charge in [0.1, 0.15) is 5.75 Å². The lowest BCUT2D eigenvalue weighted by Crippen LogP contribution is -2.21. The van der Waals surface area contributed by atoms with Crippen molar-refractivity contribution in [1.29, 1.82) is 0 Å². The zero-order valence-corrected chi connectivity index (χ0v) is 19.9. The number of amides is 1. The van der Waals surface area contributed by atoms with Gasteiger partial charge in [0.05, 0.1) is 11.5 Å². The number of carbonyl (C=O) groups excluding carboxylic acids is 1. The molecule has 0 aliphatic heterocycles. The maximum atomic E-state index is 12.4. The van der Waals surface area contributed by atoms with Crippen LogP contribution >= 0.6 is 27.7 Å². The first kappa shape index (κ1) is 22.7. The first-order chi connectivity index (χ1) is 16.0. The molecule has 33 heavy (non-hydrogen) atoms. The molecule has 2 aromatic carbocycles. The van der Waals surface area contributed by atoms with Gasteiger partial charge in [0.15, 0.2) is 11.0 Å². The van der Waals surface area contributed by atoms with Crippen LogP contribution in [0, 0.1) is 0 Å². The van der Waals surface area contributed by atoms with Gasteiger partial charge in [-0.15, -0.1) is 10.2 Å². The second-order valence-corrected chi connectivity index (χ2v) is 8.78. The molecule has 0 bridgehead atoms. The SMILES string of the molecule is C/C(=N/NC(=O)CSc1nnc(-c2ccncc2)n1-c1ccc(Br)cc1)c1cccc(O)c1. The van der Waals surface area contributed by atoms with Crippen molar-refractivity contribution in [3.8, 4) is 22.8 Å². The van der Waals surface area contributed by atoms with Gasteiger partial charge in [-0.1, -0.05) is 39.8 Å². The van der Waals surface area contributed by atoms with Crippen LogP contribution in [0.2, 0.25) is 0 Å². The molecule has 0 aliphatic carbocycles. The summed E-state index contributed by atoms with van der Waals surface area (Å²) in [5.74, 6) is 0.610. The number of phenolic OH excluding ortho intramolecular Hbond substituents is 1. The molecule has 0 saturated heterocycles. The molecule has 2 aromatic heterocycles. The molecule has 4 rings (SSSR count). The third-order valence-electron chi connectivity index (χ3n) is 4.60. The fourth-order valence-corrected chi connectivity index (χ4v) is 3.99. The second kappa shape index (κ2) is 10.4. The Kier molecular flexibility index (Phi) is 7.16. The van der Waals surface area contributed by atoms with E-state index in [2.05, 4.69) is 41.6 Å². The summed E-state index contributed by atoms with van der Waals surface area (Å²) in [4.78, 5) is 16.5. The number of carbonyl (C=O) groups is 1. The lowest BCUT2D eigenvalue weighted by Gasteiger charge is -2.10. The van der Waals surface area contributed by atoms with Crippen molar-refractivity contribution in [3.63, 3.8) is 0 Å². The number of pyridine rings is 1. The summed E-state index contributed by atoms with van der Waals surface area (Å²) in [5, 5.41) is 23.0. The Bertz CT molecular complexity index is 1290. The molecule has 166 valence electrons. The van der Waals surface area contributed by atoms with Gasteiger partial charge in [0.2, 0.25) is 0 Å². The summed E-state index contributed by atoms with van der Waals surface area (Å²) >= 11 is 4.72. The van der Waals surface area contributed by atoms with E-state index in [9.17, 15) is 9.90 Å². The van der Waals surface area contributed by atoms with E-state index in [1.165, 1.54) is 11.8 Å². The molecule has 0 spiro atoms. The van der Waals surface area contributed by atoms with Crippen molar-refractivity contribution >= 4 is 39.3 Å². The van der Waals surface area contributed by atoms with Crippen LogP contribution in [-0.2, 0) is 4.79 Å². The number of phenols is 1. The minimum absolute atomic E-state index is 0.0990. The topological polar surface area (TPSA) is 105 Å². The van der Waals surface area contributed by atoms with E-state index in [1.54, 1.807) is 43.6 Å². The first-order valence-corrected chi connectivity index (χ1v) is 11.7. The van der Waals surface area contributed by atoms with Gasteiger partial charge >= 0.3 is 0 Å². The van der Waals surface area contributed by atoms with Crippen molar-refractivity contribution < 1.29 is 9.90 Å². The largest absolute Gasteiger partial charge is 0.508 e. The summed E-state index contributed by atoms with van der Waals surface area (Å²) < 4.78 is 2.86. The summed E-state index contributed by atoms with van der Waals surface area (Å²) in [6.45, 7) is 1.76. The van der Waals surface area contributed by atoms with Gasteiger partial charge in [0.25, 0.3) is 5.91 Å². The third-order valence-corrected chi connectivity index (χ3v) is 6.06. The summed E-state index contributed by atoms with van der Waals surface area (Å²) in [5.41, 5.74) is 5.59. The maximum Gasteiger partial charge on any atom is 0.250 e. The minimum Gasteiger partial charge on any atom is -0.508 e. The average Bonchev–Trinajstić information content (AvgIpc) is 3.26. The number of nitrogens with zero attached hydrogens (tertiary/aromatic N) is 5. The van der Waals surface area contributed by atoms with Gasteiger partial charge < -0.3 is 5.11 Å². The number of aromatic nitrogens is 4. The Morgan fingerprint density at radius 3 is 2.61 bits per heavy atom. The van der Waals surface area contributed by atoms with E-state index >= 15 is 0 Å². The van der Waals surface area contributed by atoms with Gasteiger partial charge in [-0.25, -0.2) is 5.43 Å². The molecule has 0 radical (unpaired) electrons. The number of halogens is 1. The molecule has 2 N–H and O–H groups in total. The highest BCUT2D eigenvalue weighted by Crippen LogP contribution is 2.28. The minimum atomic E-state index is -0.282. The van der Waals surface area contributed by atoms with E-state index in [1.807, 2.05) is 41.0 Å². The molecule has 8 nitrogen and oxygen atoms in total. The number of hydrazone groups is 1. The van der Waals surface area contributed by atoms with Crippen LogP contribution < -0.4 is 5.43 Å². The van der Waals surface area contributed by atoms with Gasteiger partial charge in [-0.2, -0.15) is 5.10 Å². The molecule has 2 heterocycles. The van der Waals surface area contributed by atoms with Gasteiger partial charge in [0, 0.05) is 33.7 Å². The van der Waals surface area contributed by atoms with Gasteiger partial charge in [-0.3, -0.25) is 14.3 Å². The van der Waals surface area contributed by atoms with Crippen LogP contribution in [0.15, 0.2) is 87.8 Å². The van der Waals surface area contributed by atoms with E-state index in [0.29, 0.717) is 16.7 Å². The fraction of sp³-hybridized carbons (Fsp3) is 0.0870. The summed E-state index contributed by atoms with van der Waals surface area (Å²) in [6, 6.07) is 18.2. The highest BCUT2D eigenvalue weighted by atomic mass is 79.9. The van der Waals surface area contributed by atoms with Crippen molar-refractivity contribution in [2.45, 2.75) is 12.1 Å². The Labute approximate surface area is 202 Å². The predicted molar refractivity (Wildman–Crippen MR) is 131 cm³/mol. The van der Waals surface area contributed by atoms with E-state index in [-0.39, 0.29) is 17.4 Å². The Morgan fingerprint density at radius 1 is 1.12 bits per heavy atom. The Morgan fingerprint density at radius 2 is 1.88 bits per heavy atom. The zero-order valence-electron chi connectivity index (χ0n) is 17.5. The number of benzene rings is 2. The molecule has 4 aromatic rings. The second-order valence-electron chi connectivity index (χ2n) is 6.93. The molecule has 0 saturated carbocycles. The van der Waals surface area contributed by atoms with Crippen LogP contribution in [0.3, 0.4) is 0 Å². The van der Waals surface area contributed by atoms with Crippen LogP contribution in [-0.4, -0.2) is 42.2 Å². The molecule has 1 amide bonds. The van der Waals surface area contributed by atoms with Crippen molar-refractivity contribution in [2.24, 2.45) is 5.10 Å². The molecule has 10 heteroatoms.